The summed E-state index contributed by atoms with van der Waals surface area (Å²) in [5.41, 5.74) is -0.0679. The molecule has 0 radical (unpaired) electrons. The third kappa shape index (κ3) is 6.36. The van der Waals surface area contributed by atoms with Crippen molar-refractivity contribution in [1.29, 1.82) is 0 Å². The Labute approximate surface area is 212 Å². The Morgan fingerprint density at radius 3 is 2.39 bits per heavy atom. The molecule has 2 aliphatic rings. The van der Waals surface area contributed by atoms with Crippen molar-refractivity contribution in [2.24, 2.45) is 0 Å². The Morgan fingerprint density at radius 1 is 1.03 bits per heavy atom. The molecule has 2 saturated heterocycles. The summed E-state index contributed by atoms with van der Waals surface area (Å²) in [7, 11) is -3.45. The summed E-state index contributed by atoms with van der Waals surface area (Å²) in [6.45, 7) is 5.18. The predicted octanol–water partition coefficient (Wildman–Crippen LogP) is 5.48. The standard InChI is InChI=1S/C24H34FN3O6P2/c1-18-15-31-35(29,33-18)17-23(36(30)32-16-19(2)34-36)20-9-10-21(25)22(14-20)27(3)12-7-13-28(4)24-8-5-6-11-26-24/h5-6,8-11,14,18-19,23H,7,12-13,15-17H2,1-4H3/t18-,19-,23?,35?,36?/m1/s1. The van der Waals surface area contributed by atoms with Gasteiger partial charge < -0.3 is 27.9 Å². The number of nitrogens with zero attached hydrogens (tertiary/aromatic N) is 3. The zero-order chi connectivity index (χ0) is 25.9. The molecule has 3 heterocycles. The van der Waals surface area contributed by atoms with Crippen molar-refractivity contribution in [3.63, 3.8) is 0 Å². The molecule has 1 aromatic heterocycles. The lowest BCUT2D eigenvalue weighted by Gasteiger charge is -2.27. The summed E-state index contributed by atoms with van der Waals surface area (Å²) in [5.74, 6) is 0.457. The van der Waals surface area contributed by atoms with Crippen molar-refractivity contribution in [3.05, 3.63) is 54.0 Å². The summed E-state index contributed by atoms with van der Waals surface area (Å²) in [6, 6.07) is 10.2. The molecule has 1 aromatic carbocycles. The van der Waals surface area contributed by atoms with Crippen LogP contribution in [0.1, 0.15) is 31.5 Å². The van der Waals surface area contributed by atoms with E-state index in [0.717, 1.165) is 18.8 Å². The molecule has 198 valence electrons. The predicted molar refractivity (Wildman–Crippen MR) is 138 cm³/mol. The molecule has 2 fully saturated rings. The van der Waals surface area contributed by atoms with Crippen LogP contribution in [0.4, 0.5) is 15.9 Å². The van der Waals surface area contributed by atoms with E-state index in [-0.39, 0.29) is 31.6 Å². The quantitative estimate of drug-likeness (QED) is 0.363. The minimum atomic E-state index is -3.69. The molecule has 0 aliphatic carbocycles. The summed E-state index contributed by atoms with van der Waals surface area (Å²) in [5, 5.41) is 0. The molecule has 0 bridgehead atoms. The minimum absolute atomic E-state index is 0.161. The monoisotopic (exact) mass is 541 g/mol. The van der Waals surface area contributed by atoms with E-state index in [1.807, 2.05) is 35.0 Å². The lowest BCUT2D eigenvalue weighted by atomic mass is 10.1. The van der Waals surface area contributed by atoms with Crippen molar-refractivity contribution in [3.8, 4) is 0 Å². The highest BCUT2D eigenvalue weighted by molar-refractivity contribution is 7.58. The number of halogens is 1. The lowest BCUT2D eigenvalue weighted by Crippen LogP contribution is -2.26. The van der Waals surface area contributed by atoms with Gasteiger partial charge in [-0.15, -0.1) is 0 Å². The van der Waals surface area contributed by atoms with Crippen LogP contribution in [0.2, 0.25) is 0 Å². The van der Waals surface area contributed by atoms with Gasteiger partial charge in [-0.3, -0.25) is 9.13 Å². The number of benzene rings is 1. The fraction of sp³-hybridized carbons (Fsp3) is 0.542. The Hall–Kier alpha value is -1.80. The van der Waals surface area contributed by atoms with Gasteiger partial charge in [-0.25, -0.2) is 9.37 Å². The van der Waals surface area contributed by atoms with Gasteiger partial charge in [-0.05, 0) is 50.1 Å². The molecule has 2 aromatic rings. The van der Waals surface area contributed by atoms with Crippen molar-refractivity contribution >= 4 is 26.7 Å². The molecule has 9 nitrogen and oxygen atoms in total. The molecule has 36 heavy (non-hydrogen) atoms. The molecule has 5 atom stereocenters. The third-order valence-corrected chi connectivity index (χ3v) is 11.0. The normalized spacial score (nSPS) is 28.8. The highest BCUT2D eigenvalue weighted by Gasteiger charge is 2.49. The number of rotatable bonds is 10. The van der Waals surface area contributed by atoms with E-state index in [4.69, 9.17) is 18.1 Å². The highest BCUT2D eigenvalue weighted by Crippen LogP contribution is 2.70. The summed E-state index contributed by atoms with van der Waals surface area (Å²) in [4.78, 5) is 8.19. The van der Waals surface area contributed by atoms with E-state index in [1.54, 1.807) is 33.2 Å². The highest BCUT2D eigenvalue weighted by atomic mass is 31.2. The zero-order valence-corrected chi connectivity index (χ0v) is 22.9. The average Bonchev–Trinajstić information content (AvgIpc) is 3.39. The Balaban J connectivity index is 1.52. The van der Waals surface area contributed by atoms with E-state index in [9.17, 15) is 13.5 Å². The van der Waals surface area contributed by atoms with Gasteiger partial charge in [-0.1, -0.05) is 12.1 Å². The van der Waals surface area contributed by atoms with Crippen LogP contribution >= 0.6 is 15.2 Å². The van der Waals surface area contributed by atoms with Gasteiger partial charge in [-0.2, -0.15) is 0 Å². The molecular formula is C24H34FN3O6P2. The van der Waals surface area contributed by atoms with E-state index in [2.05, 4.69) is 4.98 Å². The van der Waals surface area contributed by atoms with Gasteiger partial charge in [0.05, 0.1) is 42.9 Å². The van der Waals surface area contributed by atoms with Crippen LogP contribution in [-0.4, -0.2) is 63.8 Å². The maximum Gasteiger partial charge on any atom is 0.339 e. The van der Waals surface area contributed by atoms with Crippen LogP contribution < -0.4 is 9.80 Å². The molecule has 3 unspecified atom stereocenters. The van der Waals surface area contributed by atoms with Gasteiger partial charge in [0.2, 0.25) is 0 Å². The first-order valence-electron chi connectivity index (χ1n) is 12.1. The summed E-state index contributed by atoms with van der Waals surface area (Å²) in [6.07, 6.45) is 1.62. The Morgan fingerprint density at radius 2 is 1.75 bits per heavy atom. The van der Waals surface area contributed by atoms with Gasteiger partial charge in [0, 0.05) is 33.4 Å². The van der Waals surface area contributed by atoms with Crippen LogP contribution in [0.25, 0.3) is 0 Å². The van der Waals surface area contributed by atoms with Crippen LogP contribution in [-0.2, 0) is 27.2 Å². The molecule has 2 aliphatic heterocycles. The molecular weight excluding hydrogens is 507 g/mol. The molecule has 0 saturated carbocycles. The second kappa shape index (κ2) is 11.3. The Bertz CT molecular complexity index is 1140. The van der Waals surface area contributed by atoms with Gasteiger partial charge in [0.15, 0.2) is 0 Å². The lowest BCUT2D eigenvalue weighted by molar-refractivity contribution is 0.253. The summed E-state index contributed by atoms with van der Waals surface area (Å²) >= 11 is 0. The maximum atomic E-state index is 14.9. The first-order chi connectivity index (χ1) is 17.1. The fourth-order valence-electron chi connectivity index (χ4n) is 4.32. The van der Waals surface area contributed by atoms with Crippen LogP contribution in [0.15, 0.2) is 42.6 Å². The van der Waals surface area contributed by atoms with Gasteiger partial charge >= 0.3 is 15.2 Å². The largest absolute Gasteiger partial charge is 0.372 e. The van der Waals surface area contributed by atoms with Crippen molar-refractivity contribution in [1.82, 2.24) is 4.98 Å². The van der Waals surface area contributed by atoms with Crippen LogP contribution in [0, 0.1) is 5.82 Å². The molecule has 0 N–H and O–H groups in total. The first-order valence-corrected chi connectivity index (χ1v) is 15.4. The number of hydrogen-bond donors (Lipinski definition) is 0. The van der Waals surface area contributed by atoms with Crippen molar-refractivity contribution in [2.45, 2.75) is 38.1 Å². The first kappa shape index (κ1) is 27.2. The second-order valence-corrected chi connectivity index (χ2v) is 13.6. The molecule has 0 amide bonds. The van der Waals surface area contributed by atoms with Crippen LogP contribution in [0.3, 0.4) is 0 Å². The fourth-order valence-corrected chi connectivity index (χ4v) is 9.55. The Kier molecular flexibility index (Phi) is 8.55. The SMILES string of the molecule is C[C@@H]1COP(=O)(CC(c2ccc(F)c(N(C)CCCN(C)c3ccccn3)c2)P2(=O)OC[C@@H](C)O2)O1. The number of hydrogen-bond acceptors (Lipinski definition) is 9. The smallest absolute Gasteiger partial charge is 0.339 e. The number of aromatic nitrogens is 1. The topological polar surface area (TPSA) is 90.4 Å². The number of anilines is 2. The average molecular weight is 541 g/mol. The van der Waals surface area contributed by atoms with E-state index < -0.39 is 26.7 Å². The third-order valence-electron chi connectivity index (χ3n) is 6.23. The zero-order valence-electron chi connectivity index (χ0n) is 21.1. The van der Waals surface area contributed by atoms with Gasteiger partial charge in [0.1, 0.15) is 11.6 Å². The van der Waals surface area contributed by atoms with E-state index in [0.29, 0.717) is 17.8 Å². The maximum absolute atomic E-state index is 14.9. The van der Waals surface area contributed by atoms with E-state index >= 15 is 0 Å². The minimum Gasteiger partial charge on any atom is -0.372 e. The molecule has 12 heteroatoms. The second-order valence-electron chi connectivity index (χ2n) is 9.37. The van der Waals surface area contributed by atoms with E-state index in [1.165, 1.54) is 12.1 Å². The van der Waals surface area contributed by atoms with Gasteiger partial charge in [0.25, 0.3) is 0 Å². The molecule has 0 spiro atoms. The van der Waals surface area contributed by atoms with Crippen molar-refractivity contribution in [2.75, 3.05) is 56.4 Å². The number of pyridine rings is 1. The van der Waals surface area contributed by atoms with Crippen molar-refractivity contribution < 1.29 is 31.6 Å². The van der Waals surface area contributed by atoms with Crippen LogP contribution in [0.5, 0.6) is 0 Å². The molecule has 4 rings (SSSR count). The summed E-state index contributed by atoms with van der Waals surface area (Å²) < 4.78 is 64.1.